The van der Waals surface area contributed by atoms with Gasteiger partial charge in [0.2, 0.25) is 5.89 Å². The van der Waals surface area contributed by atoms with Crippen molar-refractivity contribution in [1.29, 1.82) is 0 Å². The van der Waals surface area contributed by atoms with E-state index in [1.54, 1.807) is 4.68 Å². The standard InChI is InChI=1S/C16H19N5O/c1-12(17-9-14-10-18-21(2)11-14)16-19-15(22-20-16)8-13-6-4-3-5-7-13/h3-7,10-12,17H,8-9H2,1-2H3/t12-/m0/s1. The Balaban J connectivity index is 1.58. The third kappa shape index (κ3) is 3.59. The monoisotopic (exact) mass is 297 g/mol. The Labute approximate surface area is 129 Å². The van der Waals surface area contributed by atoms with Crippen LogP contribution in [0, 0.1) is 0 Å². The minimum atomic E-state index is 0.0217. The van der Waals surface area contributed by atoms with E-state index in [-0.39, 0.29) is 6.04 Å². The van der Waals surface area contributed by atoms with E-state index in [9.17, 15) is 0 Å². The number of aromatic nitrogens is 4. The van der Waals surface area contributed by atoms with Crippen LogP contribution in [0.2, 0.25) is 0 Å². The van der Waals surface area contributed by atoms with Crippen LogP contribution in [0.1, 0.15) is 35.8 Å². The minimum Gasteiger partial charge on any atom is -0.339 e. The maximum absolute atomic E-state index is 5.33. The molecule has 114 valence electrons. The zero-order valence-corrected chi connectivity index (χ0v) is 12.7. The Morgan fingerprint density at radius 2 is 2.05 bits per heavy atom. The Morgan fingerprint density at radius 3 is 2.77 bits per heavy atom. The second-order valence-electron chi connectivity index (χ2n) is 5.33. The second-order valence-corrected chi connectivity index (χ2v) is 5.33. The van der Waals surface area contributed by atoms with Crippen LogP contribution in [0.25, 0.3) is 0 Å². The number of rotatable bonds is 6. The molecule has 0 saturated heterocycles. The van der Waals surface area contributed by atoms with Gasteiger partial charge >= 0.3 is 0 Å². The van der Waals surface area contributed by atoms with Gasteiger partial charge in [-0.1, -0.05) is 35.5 Å². The number of nitrogens with one attached hydrogen (secondary N) is 1. The highest BCUT2D eigenvalue weighted by molar-refractivity contribution is 5.18. The van der Waals surface area contributed by atoms with E-state index in [2.05, 4.69) is 20.6 Å². The fourth-order valence-electron chi connectivity index (χ4n) is 2.21. The highest BCUT2D eigenvalue weighted by Gasteiger charge is 2.13. The van der Waals surface area contributed by atoms with E-state index in [0.29, 0.717) is 18.1 Å². The van der Waals surface area contributed by atoms with Crippen molar-refractivity contribution in [3.8, 4) is 0 Å². The zero-order valence-electron chi connectivity index (χ0n) is 12.7. The molecule has 0 fully saturated rings. The zero-order chi connectivity index (χ0) is 15.4. The first-order valence-corrected chi connectivity index (χ1v) is 7.28. The molecule has 2 aromatic heterocycles. The predicted octanol–water partition coefficient (Wildman–Crippen LogP) is 2.24. The maximum Gasteiger partial charge on any atom is 0.231 e. The van der Waals surface area contributed by atoms with E-state index >= 15 is 0 Å². The van der Waals surface area contributed by atoms with Crippen molar-refractivity contribution < 1.29 is 4.52 Å². The third-order valence-electron chi connectivity index (χ3n) is 3.44. The summed E-state index contributed by atoms with van der Waals surface area (Å²) >= 11 is 0. The van der Waals surface area contributed by atoms with Gasteiger partial charge < -0.3 is 9.84 Å². The fourth-order valence-corrected chi connectivity index (χ4v) is 2.21. The molecule has 0 aliphatic rings. The molecule has 0 radical (unpaired) electrons. The van der Waals surface area contributed by atoms with Crippen molar-refractivity contribution in [3.05, 3.63) is 65.6 Å². The summed E-state index contributed by atoms with van der Waals surface area (Å²) in [6.07, 6.45) is 4.48. The molecule has 0 amide bonds. The normalized spacial score (nSPS) is 12.5. The van der Waals surface area contributed by atoms with Crippen LogP contribution >= 0.6 is 0 Å². The lowest BCUT2D eigenvalue weighted by Gasteiger charge is -2.07. The first-order chi connectivity index (χ1) is 10.7. The lowest BCUT2D eigenvalue weighted by atomic mass is 10.1. The summed E-state index contributed by atoms with van der Waals surface area (Å²) in [6.45, 7) is 2.74. The molecule has 2 heterocycles. The van der Waals surface area contributed by atoms with E-state index in [1.807, 2.05) is 56.7 Å². The average Bonchev–Trinajstić information content (AvgIpc) is 3.15. The van der Waals surface area contributed by atoms with E-state index in [4.69, 9.17) is 4.52 Å². The van der Waals surface area contributed by atoms with Gasteiger partial charge in [-0.15, -0.1) is 0 Å². The first-order valence-electron chi connectivity index (χ1n) is 7.28. The summed E-state index contributed by atoms with van der Waals surface area (Å²) in [5, 5.41) is 11.6. The van der Waals surface area contributed by atoms with Gasteiger partial charge in [0, 0.05) is 25.4 Å². The van der Waals surface area contributed by atoms with Crippen molar-refractivity contribution >= 4 is 0 Å². The third-order valence-corrected chi connectivity index (χ3v) is 3.44. The SMILES string of the molecule is C[C@H](NCc1cnn(C)c1)c1noc(Cc2ccccc2)n1. The van der Waals surface area contributed by atoms with Crippen LogP contribution in [-0.2, 0) is 20.0 Å². The topological polar surface area (TPSA) is 68.8 Å². The van der Waals surface area contributed by atoms with Crippen LogP contribution in [0.4, 0.5) is 0 Å². The van der Waals surface area contributed by atoms with Gasteiger partial charge in [0.15, 0.2) is 5.82 Å². The fraction of sp³-hybridized carbons (Fsp3) is 0.312. The molecule has 0 saturated carbocycles. The summed E-state index contributed by atoms with van der Waals surface area (Å²) in [5.41, 5.74) is 2.29. The molecule has 0 bridgehead atoms. The Bertz CT molecular complexity index is 719. The number of aryl methyl sites for hydroxylation is 1. The van der Waals surface area contributed by atoms with Gasteiger partial charge in [-0.05, 0) is 12.5 Å². The molecule has 3 aromatic rings. The lowest BCUT2D eigenvalue weighted by Crippen LogP contribution is -2.19. The molecule has 0 spiro atoms. The van der Waals surface area contributed by atoms with Gasteiger partial charge in [0.1, 0.15) is 0 Å². The molecule has 3 rings (SSSR count). The molecule has 1 atom stereocenters. The molecule has 6 heteroatoms. The number of hydrogen-bond donors (Lipinski definition) is 1. The summed E-state index contributed by atoms with van der Waals surface area (Å²) in [5.74, 6) is 1.31. The minimum absolute atomic E-state index is 0.0217. The lowest BCUT2D eigenvalue weighted by molar-refractivity contribution is 0.372. The maximum atomic E-state index is 5.33. The highest BCUT2D eigenvalue weighted by atomic mass is 16.5. The van der Waals surface area contributed by atoms with Crippen molar-refractivity contribution in [3.63, 3.8) is 0 Å². The molecule has 1 aromatic carbocycles. The van der Waals surface area contributed by atoms with Gasteiger partial charge in [-0.3, -0.25) is 4.68 Å². The van der Waals surface area contributed by atoms with Crippen LogP contribution in [0.15, 0.2) is 47.2 Å². The van der Waals surface area contributed by atoms with Gasteiger partial charge in [-0.2, -0.15) is 10.1 Å². The van der Waals surface area contributed by atoms with Gasteiger partial charge in [0.25, 0.3) is 0 Å². The van der Waals surface area contributed by atoms with Crippen LogP contribution in [-0.4, -0.2) is 19.9 Å². The Morgan fingerprint density at radius 1 is 1.23 bits per heavy atom. The van der Waals surface area contributed by atoms with E-state index in [1.165, 1.54) is 0 Å². The molecule has 0 aliphatic heterocycles. The number of hydrogen-bond acceptors (Lipinski definition) is 5. The van der Waals surface area contributed by atoms with Crippen molar-refractivity contribution in [1.82, 2.24) is 25.2 Å². The smallest absolute Gasteiger partial charge is 0.231 e. The van der Waals surface area contributed by atoms with Crippen molar-refractivity contribution in [2.75, 3.05) is 0 Å². The molecular formula is C16H19N5O. The van der Waals surface area contributed by atoms with Gasteiger partial charge in [-0.25, -0.2) is 0 Å². The molecule has 0 aliphatic carbocycles. The van der Waals surface area contributed by atoms with Crippen LogP contribution < -0.4 is 5.32 Å². The summed E-state index contributed by atoms with van der Waals surface area (Å²) in [7, 11) is 1.90. The van der Waals surface area contributed by atoms with E-state index in [0.717, 1.165) is 17.7 Å². The van der Waals surface area contributed by atoms with Crippen molar-refractivity contribution in [2.45, 2.75) is 25.9 Å². The molecule has 0 unspecified atom stereocenters. The van der Waals surface area contributed by atoms with Crippen LogP contribution in [0.5, 0.6) is 0 Å². The Hall–Kier alpha value is -2.47. The predicted molar refractivity (Wildman–Crippen MR) is 82.0 cm³/mol. The number of benzene rings is 1. The quantitative estimate of drug-likeness (QED) is 0.755. The van der Waals surface area contributed by atoms with Gasteiger partial charge in [0.05, 0.1) is 18.7 Å². The summed E-state index contributed by atoms with van der Waals surface area (Å²) in [4.78, 5) is 4.46. The Kier molecular flexibility index (Phi) is 4.29. The number of nitrogens with zero attached hydrogens (tertiary/aromatic N) is 4. The first kappa shape index (κ1) is 14.5. The highest BCUT2D eigenvalue weighted by Crippen LogP contribution is 2.12. The second kappa shape index (κ2) is 6.53. The van der Waals surface area contributed by atoms with E-state index < -0.39 is 0 Å². The molecular weight excluding hydrogens is 278 g/mol. The van der Waals surface area contributed by atoms with Crippen LogP contribution in [0.3, 0.4) is 0 Å². The molecule has 22 heavy (non-hydrogen) atoms. The summed E-state index contributed by atoms with van der Waals surface area (Å²) < 4.78 is 7.11. The average molecular weight is 297 g/mol. The molecule has 1 N–H and O–H groups in total. The largest absolute Gasteiger partial charge is 0.339 e. The van der Waals surface area contributed by atoms with Crippen molar-refractivity contribution in [2.24, 2.45) is 7.05 Å². The summed E-state index contributed by atoms with van der Waals surface area (Å²) in [6, 6.07) is 10.1. The molecule has 6 nitrogen and oxygen atoms in total.